The van der Waals surface area contributed by atoms with Gasteiger partial charge in [-0.15, -0.1) is 0 Å². The molecule has 0 aliphatic rings. The number of hydrogen-bond acceptors (Lipinski definition) is 2. The highest BCUT2D eigenvalue weighted by Gasteiger charge is 2.18. The highest BCUT2D eigenvalue weighted by molar-refractivity contribution is 7.89. The number of aryl methyl sites for hydroxylation is 2. The van der Waals surface area contributed by atoms with E-state index in [1.807, 2.05) is 57.2 Å². The van der Waals surface area contributed by atoms with Crippen LogP contribution < -0.4 is 4.72 Å². The Balaban J connectivity index is 2.25. The number of benzene rings is 2. The zero-order chi connectivity index (χ0) is 14.8. The molecule has 0 fully saturated rings. The second kappa shape index (κ2) is 5.77. The summed E-state index contributed by atoms with van der Waals surface area (Å²) in [6.45, 7) is 5.72. The summed E-state index contributed by atoms with van der Waals surface area (Å²) in [7, 11) is -3.50. The van der Waals surface area contributed by atoms with Crippen molar-refractivity contribution in [1.29, 1.82) is 0 Å². The summed E-state index contributed by atoms with van der Waals surface area (Å²) in [5, 5.41) is 0. The van der Waals surface area contributed by atoms with E-state index < -0.39 is 10.0 Å². The Bertz CT molecular complexity index is 694. The van der Waals surface area contributed by atoms with Crippen LogP contribution in [0.5, 0.6) is 0 Å². The molecule has 0 unspecified atom stereocenters. The topological polar surface area (TPSA) is 46.2 Å². The summed E-state index contributed by atoms with van der Waals surface area (Å²) < 4.78 is 27.4. The van der Waals surface area contributed by atoms with Crippen molar-refractivity contribution < 1.29 is 8.42 Å². The maximum Gasteiger partial charge on any atom is 0.241 e. The van der Waals surface area contributed by atoms with Crippen LogP contribution in [-0.2, 0) is 10.0 Å². The van der Waals surface area contributed by atoms with Crippen molar-refractivity contribution in [1.82, 2.24) is 4.72 Å². The summed E-state index contributed by atoms with van der Waals surface area (Å²) in [4.78, 5) is 0.309. The molecule has 0 radical (unpaired) electrons. The molecule has 0 aliphatic carbocycles. The highest BCUT2D eigenvalue weighted by Crippen LogP contribution is 2.18. The number of sulfonamides is 1. The quantitative estimate of drug-likeness (QED) is 0.938. The van der Waals surface area contributed by atoms with Crippen LogP contribution in [0.15, 0.2) is 53.4 Å². The van der Waals surface area contributed by atoms with E-state index in [0.29, 0.717) is 4.90 Å². The van der Waals surface area contributed by atoms with Crippen molar-refractivity contribution in [3.05, 3.63) is 65.2 Å². The summed E-state index contributed by atoms with van der Waals surface area (Å²) in [5.41, 5.74) is 3.00. The normalized spacial score (nSPS) is 13.2. The lowest BCUT2D eigenvalue weighted by atomic mass is 10.1. The molecule has 1 atom stereocenters. The van der Waals surface area contributed by atoms with E-state index in [-0.39, 0.29) is 6.04 Å². The predicted molar refractivity (Wildman–Crippen MR) is 81.1 cm³/mol. The third-order valence-electron chi connectivity index (χ3n) is 3.42. The first kappa shape index (κ1) is 14.8. The summed E-state index contributed by atoms with van der Waals surface area (Å²) >= 11 is 0. The fourth-order valence-electron chi connectivity index (χ4n) is 1.99. The molecule has 3 nitrogen and oxygen atoms in total. The third-order valence-corrected chi connectivity index (χ3v) is 4.96. The highest BCUT2D eigenvalue weighted by atomic mass is 32.2. The van der Waals surface area contributed by atoms with Gasteiger partial charge in [0.2, 0.25) is 10.0 Å². The molecule has 2 aromatic rings. The first-order valence-corrected chi connectivity index (χ1v) is 8.03. The molecule has 106 valence electrons. The monoisotopic (exact) mass is 289 g/mol. The standard InChI is InChI=1S/C16H19NO2S/c1-12-9-10-16(11-13(12)2)20(18,19)17-14(3)15-7-5-4-6-8-15/h4-11,14,17H,1-3H3/t14-/m0/s1. The Morgan fingerprint density at radius 3 is 2.20 bits per heavy atom. The Labute approximate surface area is 120 Å². The van der Waals surface area contributed by atoms with Gasteiger partial charge in [0.1, 0.15) is 0 Å². The van der Waals surface area contributed by atoms with Crippen LogP contribution in [0.1, 0.15) is 29.7 Å². The van der Waals surface area contributed by atoms with Gasteiger partial charge in [0.05, 0.1) is 4.90 Å². The predicted octanol–water partition coefficient (Wildman–Crippen LogP) is 3.34. The van der Waals surface area contributed by atoms with Crippen molar-refractivity contribution in [2.75, 3.05) is 0 Å². The molecule has 0 heterocycles. The van der Waals surface area contributed by atoms with Crippen LogP contribution in [0.4, 0.5) is 0 Å². The lowest BCUT2D eigenvalue weighted by molar-refractivity contribution is 0.567. The van der Waals surface area contributed by atoms with Crippen LogP contribution in [0, 0.1) is 13.8 Å². The van der Waals surface area contributed by atoms with Gasteiger partial charge < -0.3 is 0 Å². The van der Waals surface area contributed by atoms with E-state index in [4.69, 9.17) is 0 Å². The van der Waals surface area contributed by atoms with Gasteiger partial charge >= 0.3 is 0 Å². The molecule has 4 heteroatoms. The van der Waals surface area contributed by atoms with Crippen LogP contribution in [0.2, 0.25) is 0 Å². The number of rotatable bonds is 4. The molecule has 0 saturated carbocycles. The zero-order valence-electron chi connectivity index (χ0n) is 11.9. The van der Waals surface area contributed by atoms with E-state index in [9.17, 15) is 8.42 Å². The second-order valence-electron chi connectivity index (χ2n) is 5.00. The summed E-state index contributed by atoms with van der Waals surface area (Å²) in [6, 6.07) is 14.4. The largest absolute Gasteiger partial charge is 0.241 e. The smallest absolute Gasteiger partial charge is 0.207 e. The van der Waals surface area contributed by atoms with E-state index in [0.717, 1.165) is 16.7 Å². The Kier molecular flexibility index (Phi) is 4.26. The maximum absolute atomic E-state index is 12.4. The molecule has 0 amide bonds. The number of nitrogens with one attached hydrogen (secondary N) is 1. The van der Waals surface area contributed by atoms with Gasteiger partial charge in [0.25, 0.3) is 0 Å². The van der Waals surface area contributed by atoms with Crippen LogP contribution in [0.25, 0.3) is 0 Å². The third kappa shape index (κ3) is 3.26. The molecule has 0 bridgehead atoms. The van der Waals surface area contributed by atoms with E-state index in [1.165, 1.54) is 0 Å². The molecule has 2 rings (SSSR count). The first-order chi connectivity index (χ1) is 9.40. The fourth-order valence-corrected chi connectivity index (χ4v) is 3.31. The molecule has 20 heavy (non-hydrogen) atoms. The summed E-state index contributed by atoms with van der Waals surface area (Å²) in [5.74, 6) is 0. The molecule has 2 aromatic carbocycles. The minimum atomic E-state index is -3.50. The van der Waals surface area contributed by atoms with Crippen molar-refractivity contribution >= 4 is 10.0 Å². The van der Waals surface area contributed by atoms with Crippen molar-refractivity contribution in [2.45, 2.75) is 31.7 Å². The summed E-state index contributed by atoms with van der Waals surface area (Å²) in [6.07, 6.45) is 0. The van der Waals surface area contributed by atoms with Gasteiger partial charge in [-0.1, -0.05) is 36.4 Å². The first-order valence-electron chi connectivity index (χ1n) is 6.54. The lowest BCUT2D eigenvalue weighted by Gasteiger charge is -2.15. The Morgan fingerprint density at radius 1 is 0.950 bits per heavy atom. The Hall–Kier alpha value is -1.65. The maximum atomic E-state index is 12.4. The molecule has 1 N–H and O–H groups in total. The molecule has 0 aromatic heterocycles. The minimum absolute atomic E-state index is 0.261. The molecule has 0 saturated heterocycles. The van der Waals surface area contributed by atoms with Gasteiger partial charge in [-0.05, 0) is 49.6 Å². The minimum Gasteiger partial charge on any atom is -0.207 e. The van der Waals surface area contributed by atoms with Gasteiger partial charge in [-0.3, -0.25) is 0 Å². The van der Waals surface area contributed by atoms with E-state index in [2.05, 4.69) is 4.72 Å². The molecular weight excluding hydrogens is 270 g/mol. The van der Waals surface area contributed by atoms with E-state index >= 15 is 0 Å². The van der Waals surface area contributed by atoms with Gasteiger partial charge in [-0.2, -0.15) is 0 Å². The molecule has 0 spiro atoms. The van der Waals surface area contributed by atoms with Gasteiger partial charge in [0, 0.05) is 6.04 Å². The van der Waals surface area contributed by atoms with Crippen molar-refractivity contribution in [3.8, 4) is 0 Å². The van der Waals surface area contributed by atoms with Gasteiger partial charge in [0.15, 0.2) is 0 Å². The fraction of sp³-hybridized carbons (Fsp3) is 0.250. The van der Waals surface area contributed by atoms with Crippen LogP contribution in [0.3, 0.4) is 0 Å². The zero-order valence-corrected chi connectivity index (χ0v) is 12.7. The lowest BCUT2D eigenvalue weighted by Crippen LogP contribution is -2.27. The van der Waals surface area contributed by atoms with Crippen LogP contribution >= 0.6 is 0 Å². The van der Waals surface area contributed by atoms with Gasteiger partial charge in [-0.25, -0.2) is 13.1 Å². The Morgan fingerprint density at radius 2 is 1.60 bits per heavy atom. The average Bonchev–Trinajstić information content (AvgIpc) is 2.42. The molecular formula is C16H19NO2S. The average molecular weight is 289 g/mol. The van der Waals surface area contributed by atoms with Crippen LogP contribution in [-0.4, -0.2) is 8.42 Å². The second-order valence-corrected chi connectivity index (χ2v) is 6.71. The molecule has 0 aliphatic heterocycles. The van der Waals surface area contributed by atoms with Crippen molar-refractivity contribution in [2.24, 2.45) is 0 Å². The van der Waals surface area contributed by atoms with E-state index in [1.54, 1.807) is 12.1 Å². The number of hydrogen-bond donors (Lipinski definition) is 1. The SMILES string of the molecule is Cc1ccc(S(=O)(=O)N[C@@H](C)c2ccccc2)cc1C. The van der Waals surface area contributed by atoms with Crippen molar-refractivity contribution in [3.63, 3.8) is 0 Å².